The predicted molar refractivity (Wildman–Crippen MR) is 94.8 cm³/mol. The maximum atomic E-state index is 12.3. The number of carbonyl (C=O) groups excluding carboxylic acids is 1. The number of hydrogen-bond donors (Lipinski definition) is 1. The highest BCUT2D eigenvalue weighted by atomic mass is 35.5. The minimum Gasteiger partial charge on any atom is -0.310 e. The molecule has 2 aromatic carbocycles. The van der Waals surface area contributed by atoms with Crippen molar-refractivity contribution in [3.8, 4) is 5.69 Å². The van der Waals surface area contributed by atoms with Gasteiger partial charge in [0.15, 0.2) is 0 Å². The Kier molecular flexibility index (Phi) is 3.62. The van der Waals surface area contributed by atoms with Gasteiger partial charge in [0.25, 0.3) is 0 Å². The second-order valence-corrected chi connectivity index (χ2v) is 6.49. The zero-order valence-electron chi connectivity index (χ0n) is 13.2. The molecule has 4 nitrogen and oxygen atoms in total. The Bertz CT molecular complexity index is 915. The van der Waals surface area contributed by atoms with Crippen molar-refractivity contribution < 1.29 is 4.79 Å². The molecule has 1 aliphatic heterocycles. The van der Waals surface area contributed by atoms with E-state index in [1.54, 1.807) is 4.68 Å². The molecule has 0 radical (unpaired) electrons. The number of nitrogens with one attached hydrogen (secondary N) is 1. The number of benzene rings is 2. The first kappa shape index (κ1) is 15.0. The van der Waals surface area contributed by atoms with Gasteiger partial charge in [-0.2, -0.15) is 5.10 Å². The standard InChI is InChI=1S/C19H16ClN3O/c1-12-3-2-4-13(9-12)16-10-18(24)22-19-17(16)11-21-23(19)15-7-5-14(20)6-8-15/h2-9,11,16H,10H2,1H3,(H,22,24)/t16-/m1/s1. The van der Waals surface area contributed by atoms with Crippen LogP contribution in [0.3, 0.4) is 0 Å². The Balaban J connectivity index is 1.81. The first-order valence-corrected chi connectivity index (χ1v) is 8.20. The van der Waals surface area contributed by atoms with Crippen molar-refractivity contribution >= 4 is 23.3 Å². The molecule has 120 valence electrons. The first-order chi connectivity index (χ1) is 11.6. The molecule has 3 aromatic rings. The van der Waals surface area contributed by atoms with Crippen molar-refractivity contribution in [2.75, 3.05) is 5.32 Å². The van der Waals surface area contributed by atoms with E-state index in [2.05, 4.69) is 35.5 Å². The van der Waals surface area contributed by atoms with Crippen molar-refractivity contribution in [2.24, 2.45) is 0 Å². The van der Waals surface area contributed by atoms with E-state index in [0.29, 0.717) is 11.4 Å². The molecule has 1 aromatic heterocycles. The topological polar surface area (TPSA) is 46.9 Å². The largest absolute Gasteiger partial charge is 0.310 e. The summed E-state index contributed by atoms with van der Waals surface area (Å²) in [6.07, 6.45) is 2.28. The molecular formula is C19H16ClN3O. The monoisotopic (exact) mass is 337 g/mol. The summed E-state index contributed by atoms with van der Waals surface area (Å²) in [5, 5.41) is 8.12. The molecule has 5 heteroatoms. The van der Waals surface area contributed by atoms with Crippen LogP contribution in [0.1, 0.15) is 29.0 Å². The molecule has 1 amide bonds. The number of carbonyl (C=O) groups is 1. The van der Waals surface area contributed by atoms with E-state index in [-0.39, 0.29) is 11.8 Å². The minimum atomic E-state index is 0.00437. The fourth-order valence-corrected chi connectivity index (χ4v) is 3.31. The summed E-state index contributed by atoms with van der Waals surface area (Å²) in [5.74, 6) is 0.763. The van der Waals surface area contributed by atoms with Gasteiger partial charge in [-0.05, 0) is 36.8 Å². The minimum absolute atomic E-state index is 0.00437. The van der Waals surface area contributed by atoms with E-state index in [1.807, 2.05) is 36.5 Å². The van der Waals surface area contributed by atoms with Crippen LogP contribution in [0.15, 0.2) is 54.7 Å². The molecule has 0 bridgehead atoms. The number of anilines is 1. The van der Waals surface area contributed by atoms with Gasteiger partial charge in [-0.25, -0.2) is 4.68 Å². The van der Waals surface area contributed by atoms with Crippen molar-refractivity contribution in [2.45, 2.75) is 19.3 Å². The number of aryl methyl sites for hydroxylation is 1. The van der Waals surface area contributed by atoms with Crippen LogP contribution < -0.4 is 5.32 Å². The van der Waals surface area contributed by atoms with Crippen LogP contribution in [-0.2, 0) is 4.79 Å². The van der Waals surface area contributed by atoms with Gasteiger partial charge in [-0.15, -0.1) is 0 Å². The fourth-order valence-electron chi connectivity index (χ4n) is 3.18. The quantitative estimate of drug-likeness (QED) is 0.757. The smallest absolute Gasteiger partial charge is 0.226 e. The van der Waals surface area contributed by atoms with Gasteiger partial charge in [-0.1, -0.05) is 41.4 Å². The maximum absolute atomic E-state index is 12.3. The SMILES string of the molecule is Cc1cccc([C@H]2CC(=O)Nc3c2cnn3-c2ccc(Cl)cc2)c1. The zero-order chi connectivity index (χ0) is 16.7. The molecule has 24 heavy (non-hydrogen) atoms. The van der Waals surface area contributed by atoms with Crippen LogP contribution in [0.5, 0.6) is 0 Å². The Hall–Kier alpha value is -2.59. The number of hydrogen-bond acceptors (Lipinski definition) is 2. The molecule has 0 fully saturated rings. The van der Waals surface area contributed by atoms with Crippen LogP contribution in [0.2, 0.25) is 5.02 Å². The highest BCUT2D eigenvalue weighted by Crippen LogP contribution is 2.38. The average Bonchev–Trinajstić information content (AvgIpc) is 2.98. The Morgan fingerprint density at radius 1 is 1.21 bits per heavy atom. The maximum Gasteiger partial charge on any atom is 0.226 e. The lowest BCUT2D eigenvalue weighted by molar-refractivity contribution is -0.116. The first-order valence-electron chi connectivity index (χ1n) is 7.82. The molecule has 1 atom stereocenters. The number of nitrogens with zero attached hydrogens (tertiary/aromatic N) is 2. The predicted octanol–water partition coefficient (Wildman–Crippen LogP) is 4.31. The van der Waals surface area contributed by atoms with Gasteiger partial charge < -0.3 is 5.32 Å². The lowest BCUT2D eigenvalue weighted by atomic mass is 9.87. The number of rotatable bonds is 2. The second kappa shape index (κ2) is 5.80. The van der Waals surface area contributed by atoms with E-state index in [0.717, 1.165) is 22.6 Å². The molecule has 1 aliphatic rings. The third kappa shape index (κ3) is 2.59. The van der Waals surface area contributed by atoms with Gasteiger partial charge in [0.05, 0.1) is 11.9 Å². The number of halogens is 1. The van der Waals surface area contributed by atoms with Gasteiger partial charge >= 0.3 is 0 Å². The van der Waals surface area contributed by atoms with Crippen molar-refractivity contribution in [1.29, 1.82) is 0 Å². The van der Waals surface area contributed by atoms with Crippen LogP contribution >= 0.6 is 11.6 Å². The van der Waals surface area contributed by atoms with Crippen molar-refractivity contribution in [3.05, 3.63) is 76.4 Å². The molecule has 2 heterocycles. The molecule has 1 N–H and O–H groups in total. The van der Waals surface area contributed by atoms with E-state index in [1.165, 1.54) is 5.56 Å². The molecule has 4 rings (SSSR count). The van der Waals surface area contributed by atoms with Gasteiger partial charge in [0, 0.05) is 22.9 Å². The van der Waals surface area contributed by atoms with Crippen molar-refractivity contribution in [1.82, 2.24) is 9.78 Å². The third-order valence-corrected chi connectivity index (χ3v) is 4.59. The molecule has 0 unspecified atom stereocenters. The van der Waals surface area contributed by atoms with Gasteiger partial charge in [-0.3, -0.25) is 4.79 Å². The highest BCUT2D eigenvalue weighted by molar-refractivity contribution is 6.30. The van der Waals surface area contributed by atoms with Crippen LogP contribution in [0.4, 0.5) is 5.82 Å². The Morgan fingerprint density at radius 2 is 2.00 bits per heavy atom. The molecule has 0 saturated heterocycles. The molecule has 0 aliphatic carbocycles. The van der Waals surface area contributed by atoms with E-state index >= 15 is 0 Å². The van der Waals surface area contributed by atoms with Gasteiger partial charge in [0.1, 0.15) is 5.82 Å². The summed E-state index contributed by atoms with van der Waals surface area (Å²) < 4.78 is 1.76. The Labute approximate surface area is 145 Å². The average molecular weight is 338 g/mol. The lowest BCUT2D eigenvalue weighted by Crippen LogP contribution is -2.24. The summed E-state index contributed by atoms with van der Waals surface area (Å²) in [5.41, 5.74) is 4.23. The van der Waals surface area contributed by atoms with E-state index < -0.39 is 0 Å². The number of amides is 1. The summed E-state index contributed by atoms with van der Waals surface area (Å²) in [6.45, 7) is 2.06. The van der Waals surface area contributed by atoms with Gasteiger partial charge in [0.2, 0.25) is 5.91 Å². The molecular weight excluding hydrogens is 322 g/mol. The normalized spacial score (nSPS) is 16.6. The van der Waals surface area contributed by atoms with E-state index in [9.17, 15) is 4.79 Å². The van der Waals surface area contributed by atoms with Crippen LogP contribution in [-0.4, -0.2) is 15.7 Å². The summed E-state index contributed by atoms with van der Waals surface area (Å²) >= 11 is 5.96. The van der Waals surface area contributed by atoms with Crippen molar-refractivity contribution in [3.63, 3.8) is 0 Å². The van der Waals surface area contributed by atoms with Crippen LogP contribution in [0.25, 0.3) is 5.69 Å². The summed E-state index contributed by atoms with van der Waals surface area (Å²) in [7, 11) is 0. The Morgan fingerprint density at radius 3 is 2.75 bits per heavy atom. The second-order valence-electron chi connectivity index (χ2n) is 6.06. The molecule has 0 spiro atoms. The summed E-state index contributed by atoms with van der Waals surface area (Å²) in [4.78, 5) is 12.3. The molecule has 0 saturated carbocycles. The van der Waals surface area contributed by atoms with E-state index in [4.69, 9.17) is 11.6 Å². The highest BCUT2D eigenvalue weighted by Gasteiger charge is 2.30. The number of aromatic nitrogens is 2. The number of fused-ring (bicyclic) bond motifs is 1. The summed E-state index contributed by atoms with van der Waals surface area (Å²) in [6, 6.07) is 15.7. The van der Waals surface area contributed by atoms with Crippen LogP contribution in [0, 0.1) is 6.92 Å². The lowest BCUT2D eigenvalue weighted by Gasteiger charge is -2.24. The zero-order valence-corrected chi connectivity index (χ0v) is 13.9. The third-order valence-electron chi connectivity index (χ3n) is 4.34. The fraction of sp³-hybridized carbons (Fsp3) is 0.158.